The SMILES string of the molecule is O=C1SC2C=C(C(F)(F)F)C=C3CS(=O)(=O)CCN1C32. The molecule has 0 saturated carbocycles. The van der Waals surface area contributed by atoms with Gasteiger partial charge in [0.05, 0.1) is 28.4 Å². The second-order valence-corrected chi connectivity index (χ2v) is 8.23. The maximum Gasteiger partial charge on any atom is 0.416 e. The third-order valence-electron chi connectivity index (χ3n) is 3.54. The summed E-state index contributed by atoms with van der Waals surface area (Å²) in [5.74, 6) is -0.618. The molecule has 0 aromatic carbocycles. The lowest BCUT2D eigenvalue weighted by molar-refractivity contribution is -0.0887. The van der Waals surface area contributed by atoms with E-state index in [1.165, 1.54) is 4.90 Å². The van der Waals surface area contributed by atoms with Crippen LogP contribution < -0.4 is 0 Å². The van der Waals surface area contributed by atoms with Crippen LogP contribution in [-0.2, 0) is 9.84 Å². The molecular formula is C11H10F3NO3S2. The lowest BCUT2D eigenvalue weighted by atomic mass is 9.94. The van der Waals surface area contributed by atoms with Crippen LogP contribution in [0, 0.1) is 0 Å². The molecule has 0 bridgehead atoms. The van der Waals surface area contributed by atoms with Crippen molar-refractivity contribution < 1.29 is 26.4 Å². The first-order chi connectivity index (χ1) is 9.17. The topological polar surface area (TPSA) is 54.5 Å². The number of thioether (sulfide) groups is 1. The van der Waals surface area contributed by atoms with Crippen molar-refractivity contribution in [3.8, 4) is 0 Å². The minimum absolute atomic E-state index is 0.0435. The van der Waals surface area contributed by atoms with Crippen LogP contribution in [0.5, 0.6) is 0 Å². The Balaban J connectivity index is 2.09. The molecule has 0 aromatic rings. The summed E-state index contributed by atoms with van der Waals surface area (Å²) in [5.41, 5.74) is -0.700. The summed E-state index contributed by atoms with van der Waals surface area (Å²) in [6, 6.07) is -0.559. The van der Waals surface area contributed by atoms with Crippen LogP contribution in [0.4, 0.5) is 18.0 Å². The van der Waals surface area contributed by atoms with Crippen molar-refractivity contribution in [2.24, 2.45) is 0 Å². The number of halogens is 3. The number of hydrogen-bond acceptors (Lipinski definition) is 4. The Morgan fingerprint density at radius 2 is 2.05 bits per heavy atom. The summed E-state index contributed by atoms with van der Waals surface area (Å²) in [5, 5.41) is -1.02. The van der Waals surface area contributed by atoms with E-state index in [0.29, 0.717) is 0 Å². The fourth-order valence-corrected chi connectivity index (χ4v) is 5.30. The van der Waals surface area contributed by atoms with E-state index >= 15 is 0 Å². The summed E-state index contributed by atoms with van der Waals surface area (Å²) >= 11 is 0.830. The van der Waals surface area contributed by atoms with E-state index in [1.54, 1.807) is 0 Å². The lowest BCUT2D eigenvalue weighted by Gasteiger charge is -2.28. The number of amides is 1. The van der Waals surface area contributed by atoms with E-state index in [2.05, 4.69) is 0 Å². The first-order valence-electron chi connectivity index (χ1n) is 5.84. The van der Waals surface area contributed by atoms with Gasteiger partial charge in [-0.1, -0.05) is 17.8 Å². The van der Waals surface area contributed by atoms with Crippen LogP contribution in [0.15, 0.2) is 23.3 Å². The molecule has 2 heterocycles. The van der Waals surface area contributed by atoms with E-state index in [4.69, 9.17) is 0 Å². The quantitative estimate of drug-likeness (QED) is 0.681. The minimum Gasteiger partial charge on any atom is -0.324 e. The zero-order valence-electron chi connectivity index (χ0n) is 10.1. The average Bonchev–Trinajstić information content (AvgIpc) is 2.52. The molecule has 0 aromatic heterocycles. The third-order valence-corrected chi connectivity index (χ3v) is 6.22. The van der Waals surface area contributed by atoms with Crippen molar-refractivity contribution in [1.29, 1.82) is 0 Å². The second-order valence-electron chi connectivity index (χ2n) is 4.92. The van der Waals surface area contributed by atoms with E-state index in [1.807, 2.05) is 0 Å². The molecule has 2 aliphatic heterocycles. The van der Waals surface area contributed by atoms with E-state index < -0.39 is 38.6 Å². The molecule has 2 unspecified atom stereocenters. The van der Waals surface area contributed by atoms with Gasteiger partial charge in [-0.15, -0.1) is 0 Å². The van der Waals surface area contributed by atoms with Gasteiger partial charge in [-0.25, -0.2) is 8.42 Å². The van der Waals surface area contributed by atoms with Gasteiger partial charge in [0, 0.05) is 6.54 Å². The molecule has 20 heavy (non-hydrogen) atoms. The molecule has 3 rings (SSSR count). The van der Waals surface area contributed by atoms with Crippen molar-refractivity contribution in [1.82, 2.24) is 4.90 Å². The molecule has 1 aliphatic carbocycles. The van der Waals surface area contributed by atoms with Crippen molar-refractivity contribution in [3.63, 3.8) is 0 Å². The monoisotopic (exact) mass is 325 g/mol. The first kappa shape index (κ1) is 14.0. The van der Waals surface area contributed by atoms with E-state index in [0.717, 1.165) is 23.9 Å². The number of alkyl halides is 3. The van der Waals surface area contributed by atoms with Gasteiger partial charge in [-0.05, 0) is 11.6 Å². The van der Waals surface area contributed by atoms with Gasteiger partial charge in [0.25, 0.3) is 5.24 Å². The normalized spacial score (nSPS) is 32.4. The van der Waals surface area contributed by atoms with Gasteiger partial charge in [0.2, 0.25) is 0 Å². The van der Waals surface area contributed by atoms with Crippen molar-refractivity contribution in [3.05, 3.63) is 23.3 Å². The number of allylic oxidation sites excluding steroid dienone is 2. The highest BCUT2D eigenvalue weighted by Gasteiger charge is 2.48. The molecule has 0 N–H and O–H groups in total. The fourth-order valence-electron chi connectivity index (χ4n) is 2.68. The minimum atomic E-state index is -4.54. The largest absolute Gasteiger partial charge is 0.416 e. The van der Waals surface area contributed by atoms with Gasteiger partial charge < -0.3 is 4.90 Å². The highest BCUT2D eigenvalue weighted by atomic mass is 32.2. The fraction of sp³-hybridized carbons (Fsp3) is 0.545. The van der Waals surface area contributed by atoms with Crippen LogP contribution in [0.3, 0.4) is 0 Å². The average molecular weight is 325 g/mol. The Kier molecular flexibility index (Phi) is 2.99. The summed E-state index contributed by atoms with van der Waals surface area (Å²) < 4.78 is 62.1. The molecule has 0 spiro atoms. The Morgan fingerprint density at radius 1 is 1.35 bits per heavy atom. The Labute approximate surface area is 117 Å². The zero-order chi connectivity index (χ0) is 14.7. The van der Waals surface area contributed by atoms with Crippen molar-refractivity contribution >= 4 is 26.8 Å². The van der Waals surface area contributed by atoms with Crippen LogP contribution in [0.25, 0.3) is 0 Å². The summed E-state index contributed by atoms with van der Waals surface area (Å²) in [7, 11) is -3.47. The van der Waals surface area contributed by atoms with Gasteiger partial charge in [0.1, 0.15) is 0 Å². The number of hydrogen-bond donors (Lipinski definition) is 0. The summed E-state index contributed by atoms with van der Waals surface area (Å²) in [4.78, 5) is 13.2. The van der Waals surface area contributed by atoms with E-state index in [9.17, 15) is 26.4 Å². The van der Waals surface area contributed by atoms with Crippen molar-refractivity contribution in [2.45, 2.75) is 17.5 Å². The molecule has 4 nitrogen and oxygen atoms in total. The second kappa shape index (κ2) is 4.27. The number of nitrogens with zero attached hydrogens (tertiary/aromatic N) is 1. The summed E-state index contributed by atoms with van der Waals surface area (Å²) in [6.45, 7) is 0.0435. The lowest BCUT2D eigenvalue weighted by Crippen LogP contribution is -2.39. The Morgan fingerprint density at radius 3 is 2.70 bits per heavy atom. The number of carbonyl (C=O) groups is 1. The maximum atomic E-state index is 12.8. The predicted octanol–water partition coefficient (Wildman–Crippen LogP) is 1.75. The Hall–Kier alpha value is -0.960. The number of sulfone groups is 1. The smallest absolute Gasteiger partial charge is 0.324 e. The third kappa shape index (κ3) is 2.26. The van der Waals surface area contributed by atoms with Crippen molar-refractivity contribution in [2.75, 3.05) is 18.1 Å². The molecular weight excluding hydrogens is 315 g/mol. The molecule has 2 atom stereocenters. The summed E-state index contributed by atoms with van der Waals surface area (Å²) in [6.07, 6.45) is -2.63. The van der Waals surface area contributed by atoms with E-state index in [-0.39, 0.29) is 23.1 Å². The van der Waals surface area contributed by atoms with Crippen LogP contribution >= 0.6 is 11.8 Å². The van der Waals surface area contributed by atoms with Gasteiger partial charge in [-0.3, -0.25) is 4.79 Å². The van der Waals surface area contributed by atoms with Gasteiger partial charge >= 0.3 is 6.18 Å². The first-order valence-corrected chi connectivity index (χ1v) is 8.55. The van der Waals surface area contributed by atoms with Gasteiger partial charge in [-0.2, -0.15) is 13.2 Å². The predicted molar refractivity (Wildman–Crippen MR) is 68.1 cm³/mol. The molecule has 1 amide bonds. The molecule has 2 saturated heterocycles. The zero-order valence-corrected chi connectivity index (χ0v) is 11.7. The molecule has 9 heteroatoms. The van der Waals surface area contributed by atoms with Crippen LogP contribution in [0.1, 0.15) is 0 Å². The standard InChI is InChI=1S/C11H10F3NO3S2/c12-11(13,14)7-3-6-5-20(17,18)2-1-15-9(6)8(4-7)19-10(15)16/h3-4,8-9H,1-2,5H2. The number of carbonyl (C=O) groups excluding carboxylic acids is 1. The highest BCUT2D eigenvalue weighted by molar-refractivity contribution is 8.14. The molecule has 2 fully saturated rings. The molecule has 3 aliphatic rings. The Bertz CT molecular complexity index is 636. The van der Waals surface area contributed by atoms with Crippen LogP contribution in [-0.4, -0.2) is 54.1 Å². The molecule has 110 valence electrons. The highest BCUT2D eigenvalue weighted by Crippen LogP contribution is 2.44. The van der Waals surface area contributed by atoms with Gasteiger partial charge in [0.15, 0.2) is 9.84 Å². The molecule has 0 radical (unpaired) electrons. The van der Waals surface area contributed by atoms with Crippen LogP contribution in [0.2, 0.25) is 0 Å². The number of rotatable bonds is 0. The maximum absolute atomic E-state index is 12.8.